The van der Waals surface area contributed by atoms with E-state index in [1.165, 1.54) is 0 Å². The molecule has 16 heavy (non-hydrogen) atoms. The van der Waals surface area contributed by atoms with E-state index in [-0.39, 0.29) is 12.1 Å². The molecule has 1 fully saturated rings. The molecular weight excluding hydrogens is 288 g/mol. The second-order valence-electron chi connectivity index (χ2n) is 3.82. The largest absolute Gasteiger partial charge is 0.375 e. The number of ether oxygens (including phenoxy) is 1. The van der Waals surface area contributed by atoms with Crippen LogP contribution in [-0.4, -0.2) is 35.2 Å². The van der Waals surface area contributed by atoms with E-state index in [1.807, 2.05) is 23.9 Å². The maximum absolute atomic E-state index is 6.13. The van der Waals surface area contributed by atoms with Gasteiger partial charge in [0.1, 0.15) is 0 Å². The van der Waals surface area contributed by atoms with Crippen molar-refractivity contribution < 1.29 is 4.74 Å². The monoisotopic (exact) mass is 302 g/mol. The van der Waals surface area contributed by atoms with Gasteiger partial charge in [0.2, 0.25) is 0 Å². The van der Waals surface area contributed by atoms with Crippen LogP contribution in [0.1, 0.15) is 5.69 Å². The maximum atomic E-state index is 6.13. The van der Waals surface area contributed by atoms with Gasteiger partial charge in [0, 0.05) is 40.3 Å². The molecule has 1 aliphatic rings. The Hall–Kier alpha value is -0.100. The maximum Gasteiger partial charge on any atom is 0.0820 e. The first-order chi connectivity index (χ1) is 7.75. The van der Waals surface area contributed by atoms with Crippen molar-refractivity contribution in [3.8, 4) is 0 Å². The first kappa shape index (κ1) is 12.4. The molecule has 0 aromatic carbocycles. The number of halogens is 1. The lowest BCUT2D eigenvalue weighted by Gasteiger charge is -2.27. The Kier molecular flexibility index (Phi) is 4.64. The van der Waals surface area contributed by atoms with Gasteiger partial charge in [-0.05, 0) is 28.1 Å². The van der Waals surface area contributed by atoms with E-state index >= 15 is 0 Å². The number of hydrogen-bond donors (Lipinski definition) is 1. The molecule has 2 rings (SSSR count). The Morgan fingerprint density at radius 1 is 1.62 bits per heavy atom. The molecule has 1 saturated heterocycles. The van der Waals surface area contributed by atoms with Gasteiger partial charge in [0.25, 0.3) is 0 Å². The Labute approximate surface area is 108 Å². The third kappa shape index (κ3) is 3.45. The topological polar surface area (TPSA) is 48.1 Å². The van der Waals surface area contributed by atoms with Crippen molar-refractivity contribution in [1.29, 1.82) is 0 Å². The molecule has 1 aliphatic heterocycles. The van der Waals surface area contributed by atoms with Gasteiger partial charge < -0.3 is 10.5 Å². The average molecular weight is 303 g/mol. The van der Waals surface area contributed by atoms with E-state index in [0.717, 1.165) is 34.7 Å². The second kappa shape index (κ2) is 6.00. The van der Waals surface area contributed by atoms with Crippen molar-refractivity contribution >= 4 is 27.7 Å². The number of nitrogens with zero attached hydrogens (tertiary/aromatic N) is 1. The van der Waals surface area contributed by atoms with E-state index in [2.05, 4.69) is 20.9 Å². The molecule has 0 bridgehead atoms. The summed E-state index contributed by atoms with van der Waals surface area (Å²) in [5, 5.41) is 0. The van der Waals surface area contributed by atoms with Crippen molar-refractivity contribution in [2.24, 2.45) is 5.73 Å². The van der Waals surface area contributed by atoms with Crippen LogP contribution >= 0.6 is 27.7 Å². The number of aromatic nitrogens is 1. The Morgan fingerprint density at radius 2 is 2.50 bits per heavy atom. The molecule has 2 atom stereocenters. The zero-order chi connectivity index (χ0) is 11.4. The van der Waals surface area contributed by atoms with E-state index in [1.54, 1.807) is 6.20 Å². The summed E-state index contributed by atoms with van der Waals surface area (Å²) in [5.74, 6) is 2.08. The molecule has 0 saturated carbocycles. The van der Waals surface area contributed by atoms with Crippen LogP contribution in [-0.2, 0) is 11.2 Å². The molecule has 2 unspecified atom stereocenters. The average Bonchev–Trinajstić information content (AvgIpc) is 2.33. The van der Waals surface area contributed by atoms with Gasteiger partial charge in [-0.15, -0.1) is 0 Å². The zero-order valence-corrected chi connectivity index (χ0v) is 11.3. The molecule has 0 spiro atoms. The minimum Gasteiger partial charge on any atom is -0.375 e. The summed E-state index contributed by atoms with van der Waals surface area (Å²) in [7, 11) is 0. The van der Waals surface area contributed by atoms with Crippen LogP contribution in [0.15, 0.2) is 22.8 Å². The van der Waals surface area contributed by atoms with Crippen LogP contribution in [0.3, 0.4) is 0 Å². The summed E-state index contributed by atoms with van der Waals surface area (Å²) < 4.78 is 6.65. The smallest absolute Gasteiger partial charge is 0.0820 e. The predicted molar refractivity (Wildman–Crippen MR) is 70.7 cm³/mol. The van der Waals surface area contributed by atoms with Gasteiger partial charge in [-0.3, -0.25) is 4.98 Å². The summed E-state index contributed by atoms with van der Waals surface area (Å²) in [6, 6.07) is 4.03. The number of pyridine rings is 1. The molecule has 1 aromatic rings. The lowest BCUT2D eigenvalue weighted by atomic mass is 10.1. The molecule has 88 valence electrons. The van der Waals surface area contributed by atoms with Crippen LogP contribution in [0.5, 0.6) is 0 Å². The highest BCUT2D eigenvalue weighted by Gasteiger charge is 2.22. The van der Waals surface area contributed by atoms with Crippen molar-refractivity contribution in [3.05, 3.63) is 28.5 Å². The van der Waals surface area contributed by atoms with Crippen molar-refractivity contribution in [3.63, 3.8) is 0 Å². The lowest BCUT2D eigenvalue weighted by Crippen LogP contribution is -2.42. The van der Waals surface area contributed by atoms with E-state index < -0.39 is 0 Å². The SMILES string of the molecule is NC(Cc1ccc(Br)cn1)C1CSCCO1. The molecule has 1 aromatic heterocycles. The third-order valence-electron chi connectivity index (χ3n) is 2.55. The minimum absolute atomic E-state index is 0.0430. The van der Waals surface area contributed by atoms with Crippen LogP contribution in [0.4, 0.5) is 0 Å². The van der Waals surface area contributed by atoms with E-state index in [4.69, 9.17) is 10.5 Å². The standard InChI is InChI=1S/C11H15BrN2OS/c12-8-1-2-9(14-6-8)5-10(13)11-7-16-4-3-15-11/h1-2,6,10-11H,3-5,7,13H2. The number of hydrogen-bond acceptors (Lipinski definition) is 4. The number of rotatable bonds is 3. The number of thioether (sulfide) groups is 1. The molecule has 2 heterocycles. The molecule has 2 N–H and O–H groups in total. The van der Waals surface area contributed by atoms with Gasteiger partial charge in [0.15, 0.2) is 0 Å². The zero-order valence-electron chi connectivity index (χ0n) is 8.93. The van der Waals surface area contributed by atoms with Crippen LogP contribution < -0.4 is 5.73 Å². The van der Waals surface area contributed by atoms with Gasteiger partial charge >= 0.3 is 0 Å². The first-order valence-corrected chi connectivity index (χ1v) is 7.26. The highest BCUT2D eigenvalue weighted by molar-refractivity contribution is 9.10. The fourth-order valence-electron chi connectivity index (χ4n) is 1.65. The Morgan fingerprint density at radius 3 is 3.12 bits per heavy atom. The molecule has 0 aliphatic carbocycles. The normalized spacial score (nSPS) is 23.0. The highest BCUT2D eigenvalue weighted by Crippen LogP contribution is 2.17. The quantitative estimate of drug-likeness (QED) is 0.926. The lowest BCUT2D eigenvalue weighted by molar-refractivity contribution is 0.0569. The van der Waals surface area contributed by atoms with Crippen LogP contribution in [0, 0.1) is 0 Å². The van der Waals surface area contributed by atoms with Gasteiger partial charge in [0.05, 0.1) is 12.7 Å². The first-order valence-electron chi connectivity index (χ1n) is 5.31. The van der Waals surface area contributed by atoms with Crippen molar-refractivity contribution in [2.75, 3.05) is 18.1 Å². The summed E-state index contributed by atoms with van der Waals surface area (Å²) in [6.45, 7) is 0.816. The second-order valence-corrected chi connectivity index (χ2v) is 5.89. The summed E-state index contributed by atoms with van der Waals surface area (Å²) in [6.07, 6.45) is 2.75. The van der Waals surface area contributed by atoms with E-state index in [9.17, 15) is 0 Å². The molecule has 0 amide bonds. The van der Waals surface area contributed by atoms with Crippen molar-refractivity contribution in [1.82, 2.24) is 4.98 Å². The minimum atomic E-state index is 0.0430. The molecule has 3 nitrogen and oxygen atoms in total. The predicted octanol–water partition coefficient (Wildman–Crippen LogP) is 1.85. The van der Waals surface area contributed by atoms with Gasteiger partial charge in [-0.25, -0.2) is 0 Å². The van der Waals surface area contributed by atoms with Crippen LogP contribution in [0.2, 0.25) is 0 Å². The number of nitrogens with two attached hydrogens (primary N) is 1. The molecule has 5 heteroatoms. The van der Waals surface area contributed by atoms with Gasteiger partial charge in [-0.2, -0.15) is 11.8 Å². The third-order valence-corrected chi connectivity index (χ3v) is 4.04. The Bertz CT molecular complexity index is 327. The van der Waals surface area contributed by atoms with Crippen LogP contribution in [0.25, 0.3) is 0 Å². The Balaban J connectivity index is 1.90. The van der Waals surface area contributed by atoms with E-state index in [0.29, 0.717) is 0 Å². The highest BCUT2D eigenvalue weighted by atomic mass is 79.9. The van der Waals surface area contributed by atoms with Crippen molar-refractivity contribution in [2.45, 2.75) is 18.6 Å². The molecule has 0 radical (unpaired) electrons. The summed E-state index contributed by atoms with van der Waals surface area (Å²) in [4.78, 5) is 4.32. The summed E-state index contributed by atoms with van der Waals surface area (Å²) in [5.41, 5.74) is 7.15. The fourth-order valence-corrected chi connectivity index (χ4v) is 2.84. The fraction of sp³-hybridized carbons (Fsp3) is 0.545. The summed E-state index contributed by atoms with van der Waals surface area (Å²) >= 11 is 5.28. The van der Waals surface area contributed by atoms with Gasteiger partial charge in [-0.1, -0.05) is 0 Å². The molecular formula is C11H15BrN2OS.